The zero-order valence-corrected chi connectivity index (χ0v) is 6.40. The number of alkyl halides is 1. The van der Waals surface area contributed by atoms with Crippen molar-refractivity contribution in [2.24, 2.45) is 5.92 Å². The van der Waals surface area contributed by atoms with Crippen molar-refractivity contribution in [1.29, 1.82) is 0 Å². The Kier molecular flexibility index (Phi) is 3.29. The molecule has 0 bridgehead atoms. The van der Waals surface area contributed by atoms with Crippen molar-refractivity contribution in [2.45, 2.75) is 6.42 Å². The molecule has 1 heterocycles. The number of hydrogen-bond acceptors (Lipinski definition) is 2. The second-order valence-corrected chi connectivity index (χ2v) is 2.77. The molecule has 64 valence electrons. The molecule has 1 amide bonds. The van der Waals surface area contributed by atoms with Crippen LogP contribution in [0.2, 0.25) is 0 Å². The van der Waals surface area contributed by atoms with Crippen LogP contribution in [0.4, 0.5) is 4.39 Å². The summed E-state index contributed by atoms with van der Waals surface area (Å²) in [7, 11) is 0. The first-order valence-corrected chi connectivity index (χ1v) is 3.86. The average molecular weight is 160 g/mol. The van der Waals surface area contributed by atoms with Gasteiger partial charge in [0, 0.05) is 13.0 Å². The van der Waals surface area contributed by atoms with Gasteiger partial charge in [0.25, 0.3) is 0 Å². The van der Waals surface area contributed by atoms with Gasteiger partial charge < -0.3 is 10.6 Å². The van der Waals surface area contributed by atoms with Crippen molar-refractivity contribution in [2.75, 3.05) is 26.3 Å². The van der Waals surface area contributed by atoms with Crippen molar-refractivity contribution < 1.29 is 9.18 Å². The molecule has 4 heteroatoms. The van der Waals surface area contributed by atoms with E-state index in [1.54, 1.807) is 0 Å². The Bertz CT molecular complexity index is 136. The summed E-state index contributed by atoms with van der Waals surface area (Å²) in [6.45, 7) is 1.51. The molecular weight excluding hydrogens is 147 g/mol. The van der Waals surface area contributed by atoms with Crippen molar-refractivity contribution in [3.8, 4) is 0 Å². The average Bonchev–Trinajstić information content (AvgIpc) is 1.93. The van der Waals surface area contributed by atoms with Crippen LogP contribution in [0.1, 0.15) is 6.42 Å². The van der Waals surface area contributed by atoms with Gasteiger partial charge in [-0.15, -0.1) is 0 Å². The number of halogens is 1. The summed E-state index contributed by atoms with van der Waals surface area (Å²) in [6, 6.07) is 0. The van der Waals surface area contributed by atoms with E-state index in [0.29, 0.717) is 12.3 Å². The van der Waals surface area contributed by atoms with Crippen LogP contribution in [0, 0.1) is 5.92 Å². The molecule has 1 aliphatic rings. The van der Waals surface area contributed by atoms with Crippen molar-refractivity contribution in [1.82, 2.24) is 10.6 Å². The highest BCUT2D eigenvalue weighted by molar-refractivity contribution is 5.76. The molecule has 0 aromatic carbocycles. The van der Waals surface area contributed by atoms with E-state index >= 15 is 0 Å². The minimum absolute atomic E-state index is 0.0332. The standard InChI is InChI=1S/C7H13FN2O/c8-1-2-10-7(11)3-6-4-9-5-6/h6,9H,1-5H2,(H,10,11). The number of carbonyl (C=O) groups is 1. The lowest BCUT2D eigenvalue weighted by Gasteiger charge is -2.26. The first-order valence-electron chi connectivity index (χ1n) is 3.86. The van der Waals surface area contributed by atoms with E-state index in [9.17, 15) is 9.18 Å². The quantitative estimate of drug-likeness (QED) is 0.592. The monoisotopic (exact) mass is 160 g/mol. The van der Waals surface area contributed by atoms with Crippen molar-refractivity contribution in [3.05, 3.63) is 0 Å². The van der Waals surface area contributed by atoms with Gasteiger partial charge in [-0.3, -0.25) is 4.79 Å². The van der Waals surface area contributed by atoms with E-state index < -0.39 is 6.67 Å². The van der Waals surface area contributed by atoms with E-state index in [2.05, 4.69) is 10.6 Å². The molecule has 11 heavy (non-hydrogen) atoms. The number of nitrogens with one attached hydrogen (secondary N) is 2. The fraction of sp³-hybridized carbons (Fsp3) is 0.857. The molecule has 3 nitrogen and oxygen atoms in total. The number of hydrogen-bond donors (Lipinski definition) is 2. The first kappa shape index (κ1) is 8.46. The molecule has 0 unspecified atom stereocenters. The smallest absolute Gasteiger partial charge is 0.220 e. The fourth-order valence-corrected chi connectivity index (χ4v) is 1.01. The summed E-state index contributed by atoms with van der Waals surface area (Å²) in [5.41, 5.74) is 0. The third-order valence-electron chi connectivity index (χ3n) is 1.76. The van der Waals surface area contributed by atoms with Gasteiger partial charge >= 0.3 is 0 Å². The van der Waals surface area contributed by atoms with E-state index in [-0.39, 0.29) is 12.5 Å². The van der Waals surface area contributed by atoms with E-state index in [1.807, 2.05) is 0 Å². The van der Waals surface area contributed by atoms with Crippen LogP contribution in [0.15, 0.2) is 0 Å². The second kappa shape index (κ2) is 4.28. The number of carbonyl (C=O) groups excluding carboxylic acids is 1. The van der Waals surface area contributed by atoms with Crippen LogP contribution in [-0.2, 0) is 4.79 Å². The predicted octanol–water partition coefficient (Wildman–Crippen LogP) is -0.318. The van der Waals surface area contributed by atoms with E-state index in [0.717, 1.165) is 13.1 Å². The number of amides is 1. The summed E-state index contributed by atoms with van der Waals surface area (Å²) in [4.78, 5) is 10.9. The molecule has 1 fully saturated rings. The topological polar surface area (TPSA) is 41.1 Å². The van der Waals surface area contributed by atoms with Crippen LogP contribution < -0.4 is 10.6 Å². The van der Waals surface area contributed by atoms with E-state index in [4.69, 9.17) is 0 Å². The molecule has 0 aliphatic carbocycles. The largest absolute Gasteiger partial charge is 0.353 e. The molecule has 0 aromatic heterocycles. The van der Waals surface area contributed by atoms with Crippen LogP contribution in [0.3, 0.4) is 0 Å². The lowest BCUT2D eigenvalue weighted by Crippen LogP contribution is -2.44. The zero-order valence-electron chi connectivity index (χ0n) is 6.40. The molecule has 0 aromatic rings. The maximum Gasteiger partial charge on any atom is 0.220 e. The number of rotatable bonds is 4. The van der Waals surface area contributed by atoms with Crippen LogP contribution in [0.25, 0.3) is 0 Å². The highest BCUT2D eigenvalue weighted by Crippen LogP contribution is 2.06. The fourth-order valence-electron chi connectivity index (χ4n) is 1.01. The lowest BCUT2D eigenvalue weighted by molar-refractivity contribution is -0.122. The van der Waals surface area contributed by atoms with Crippen molar-refractivity contribution in [3.63, 3.8) is 0 Å². The Morgan fingerprint density at radius 3 is 2.82 bits per heavy atom. The van der Waals surface area contributed by atoms with Gasteiger partial charge in [-0.1, -0.05) is 0 Å². The summed E-state index contributed by atoms with van der Waals surface area (Å²) >= 11 is 0. The maximum absolute atomic E-state index is 11.6. The van der Waals surface area contributed by atoms with Crippen LogP contribution in [0.5, 0.6) is 0 Å². The Hall–Kier alpha value is -0.640. The Morgan fingerprint density at radius 1 is 1.64 bits per heavy atom. The molecule has 0 radical (unpaired) electrons. The molecular formula is C7H13FN2O. The summed E-state index contributed by atoms with van der Waals surface area (Å²) in [5, 5.41) is 5.56. The SMILES string of the molecule is O=C(CC1CNC1)NCCF. The van der Waals surface area contributed by atoms with Crippen molar-refractivity contribution >= 4 is 5.91 Å². The summed E-state index contributed by atoms with van der Waals surface area (Å²) in [6.07, 6.45) is 0.535. The molecule has 0 atom stereocenters. The second-order valence-electron chi connectivity index (χ2n) is 2.77. The van der Waals surface area contributed by atoms with E-state index in [1.165, 1.54) is 0 Å². The molecule has 1 saturated heterocycles. The highest BCUT2D eigenvalue weighted by atomic mass is 19.1. The molecule has 0 spiro atoms. The van der Waals surface area contributed by atoms with Gasteiger partial charge in [-0.25, -0.2) is 4.39 Å². The molecule has 1 aliphatic heterocycles. The van der Waals surface area contributed by atoms with Gasteiger partial charge in [-0.2, -0.15) is 0 Å². The van der Waals surface area contributed by atoms with Crippen LogP contribution in [-0.4, -0.2) is 32.2 Å². The molecule has 0 saturated carbocycles. The van der Waals surface area contributed by atoms with Gasteiger partial charge in [0.05, 0.1) is 0 Å². The highest BCUT2D eigenvalue weighted by Gasteiger charge is 2.19. The van der Waals surface area contributed by atoms with Gasteiger partial charge in [0.15, 0.2) is 0 Å². The Balaban J connectivity index is 2.00. The molecule has 2 N–H and O–H groups in total. The Labute approximate surface area is 65.3 Å². The predicted molar refractivity (Wildman–Crippen MR) is 40.0 cm³/mol. The molecule has 1 rings (SSSR count). The minimum Gasteiger partial charge on any atom is -0.353 e. The van der Waals surface area contributed by atoms with Crippen LogP contribution >= 0.6 is 0 Å². The van der Waals surface area contributed by atoms with Gasteiger partial charge in [-0.05, 0) is 19.0 Å². The maximum atomic E-state index is 11.6. The summed E-state index contributed by atoms with van der Waals surface area (Å²) in [5.74, 6) is 0.434. The lowest BCUT2D eigenvalue weighted by atomic mass is 9.99. The zero-order chi connectivity index (χ0) is 8.10. The minimum atomic E-state index is -0.478. The third-order valence-corrected chi connectivity index (χ3v) is 1.76. The van der Waals surface area contributed by atoms with Gasteiger partial charge in [0.2, 0.25) is 5.91 Å². The summed E-state index contributed by atoms with van der Waals surface area (Å²) < 4.78 is 11.6. The third kappa shape index (κ3) is 2.84. The first-order chi connectivity index (χ1) is 5.33. The van der Waals surface area contributed by atoms with Gasteiger partial charge in [0.1, 0.15) is 6.67 Å². The Morgan fingerprint density at radius 2 is 2.36 bits per heavy atom. The normalized spacial score (nSPS) is 17.5.